The van der Waals surface area contributed by atoms with E-state index in [0.717, 1.165) is 46.9 Å². The van der Waals surface area contributed by atoms with Gasteiger partial charge in [-0.1, -0.05) is 17.7 Å². The van der Waals surface area contributed by atoms with Gasteiger partial charge in [-0.05, 0) is 68.1 Å². The number of nitrogens with one attached hydrogen (secondary N) is 1. The highest BCUT2D eigenvalue weighted by Crippen LogP contribution is 2.27. The number of nitrogens with zero attached hydrogens (tertiary/aromatic N) is 3. The number of hydrogen-bond donors (Lipinski definition) is 1. The summed E-state index contributed by atoms with van der Waals surface area (Å²) in [6, 6.07) is 12.0. The van der Waals surface area contributed by atoms with Gasteiger partial charge in [-0.2, -0.15) is 0 Å². The molecule has 1 aliphatic carbocycles. The summed E-state index contributed by atoms with van der Waals surface area (Å²) < 4.78 is 2.14. The number of aromatic nitrogens is 3. The molecule has 0 aliphatic heterocycles. The third-order valence-electron chi connectivity index (χ3n) is 4.68. The van der Waals surface area contributed by atoms with E-state index in [1.165, 1.54) is 18.4 Å². The molecule has 5 heteroatoms. The SMILES string of the molecule is Cc1ccc(Cc2nc(CNCC3CC3)cn2-c2ccc(Cl)cc2)nc1. The topological polar surface area (TPSA) is 42.7 Å². The van der Waals surface area contributed by atoms with Crippen molar-refractivity contribution in [2.24, 2.45) is 5.92 Å². The molecule has 0 atom stereocenters. The zero-order valence-electron chi connectivity index (χ0n) is 15.0. The Hall–Kier alpha value is -2.17. The van der Waals surface area contributed by atoms with Gasteiger partial charge in [0.05, 0.1) is 5.69 Å². The summed E-state index contributed by atoms with van der Waals surface area (Å²) in [6.45, 7) is 3.93. The monoisotopic (exact) mass is 366 g/mol. The number of benzene rings is 1. The predicted octanol–water partition coefficient (Wildman–Crippen LogP) is 4.32. The Labute approximate surface area is 159 Å². The minimum Gasteiger partial charge on any atom is -0.311 e. The van der Waals surface area contributed by atoms with E-state index in [9.17, 15) is 0 Å². The maximum Gasteiger partial charge on any atom is 0.119 e. The van der Waals surface area contributed by atoms with E-state index in [-0.39, 0.29) is 0 Å². The van der Waals surface area contributed by atoms with Gasteiger partial charge in [0.1, 0.15) is 5.82 Å². The second kappa shape index (κ2) is 7.60. The van der Waals surface area contributed by atoms with Crippen LogP contribution in [0.4, 0.5) is 0 Å². The Morgan fingerprint density at radius 3 is 2.62 bits per heavy atom. The van der Waals surface area contributed by atoms with Crippen LogP contribution in [0.25, 0.3) is 5.69 Å². The fourth-order valence-electron chi connectivity index (χ4n) is 3.00. The van der Waals surface area contributed by atoms with Crippen molar-refractivity contribution in [3.8, 4) is 5.69 Å². The Kier molecular flexibility index (Phi) is 5.05. The van der Waals surface area contributed by atoms with Crippen molar-refractivity contribution in [3.63, 3.8) is 0 Å². The molecule has 0 unspecified atom stereocenters. The molecule has 26 heavy (non-hydrogen) atoms. The van der Waals surface area contributed by atoms with Crippen molar-refractivity contribution in [1.29, 1.82) is 0 Å². The quantitative estimate of drug-likeness (QED) is 0.677. The van der Waals surface area contributed by atoms with Crippen LogP contribution in [0.3, 0.4) is 0 Å². The first-order valence-corrected chi connectivity index (χ1v) is 9.50. The highest BCUT2D eigenvalue weighted by Gasteiger charge is 2.20. The van der Waals surface area contributed by atoms with E-state index in [2.05, 4.69) is 40.1 Å². The average Bonchev–Trinajstić information content (AvgIpc) is 3.38. The van der Waals surface area contributed by atoms with Crippen LogP contribution in [0.15, 0.2) is 48.8 Å². The highest BCUT2D eigenvalue weighted by molar-refractivity contribution is 6.30. The number of rotatable bonds is 7. The molecule has 1 N–H and O–H groups in total. The van der Waals surface area contributed by atoms with Crippen LogP contribution in [0.2, 0.25) is 5.02 Å². The van der Waals surface area contributed by atoms with Gasteiger partial charge in [0.2, 0.25) is 0 Å². The summed E-state index contributed by atoms with van der Waals surface area (Å²) in [5, 5.41) is 4.26. The lowest BCUT2D eigenvalue weighted by atomic mass is 10.2. The number of hydrogen-bond acceptors (Lipinski definition) is 3. The molecule has 2 heterocycles. The maximum absolute atomic E-state index is 6.05. The van der Waals surface area contributed by atoms with Crippen molar-refractivity contribution in [2.75, 3.05) is 6.54 Å². The first kappa shape index (κ1) is 17.3. The third kappa shape index (κ3) is 4.32. The Bertz CT molecular complexity index is 864. The summed E-state index contributed by atoms with van der Waals surface area (Å²) in [5.74, 6) is 1.86. The summed E-state index contributed by atoms with van der Waals surface area (Å²) in [7, 11) is 0. The van der Waals surface area contributed by atoms with Crippen molar-refractivity contribution in [1.82, 2.24) is 19.9 Å². The van der Waals surface area contributed by atoms with Gasteiger partial charge in [0.25, 0.3) is 0 Å². The van der Waals surface area contributed by atoms with Crippen LogP contribution in [-0.2, 0) is 13.0 Å². The van der Waals surface area contributed by atoms with Crippen molar-refractivity contribution < 1.29 is 0 Å². The Balaban J connectivity index is 1.58. The van der Waals surface area contributed by atoms with Crippen LogP contribution >= 0.6 is 11.6 Å². The molecular formula is C21H23ClN4. The molecule has 1 aliphatic rings. The van der Waals surface area contributed by atoms with Crippen LogP contribution in [0.5, 0.6) is 0 Å². The van der Waals surface area contributed by atoms with E-state index in [4.69, 9.17) is 16.6 Å². The lowest BCUT2D eigenvalue weighted by Gasteiger charge is -2.08. The highest BCUT2D eigenvalue weighted by atomic mass is 35.5. The first-order chi connectivity index (χ1) is 12.7. The maximum atomic E-state index is 6.05. The smallest absolute Gasteiger partial charge is 0.119 e. The van der Waals surface area contributed by atoms with Crippen molar-refractivity contribution in [3.05, 3.63) is 76.6 Å². The second-order valence-electron chi connectivity index (χ2n) is 7.07. The van der Waals surface area contributed by atoms with Gasteiger partial charge < -0.3 is 9.88 Å². The summed E-state index contributed by atoms with van der Waals surface area (Å²) in [6.07, 6.45) is 7.44. The standard InChI is InChI=1S/C21H23ClN4/c1-15-2-7-18(24-11-15)10-21-25-19(13-23-12-16-3-4-16)14-26(21)20-8-5-17(22)6-9-20/h2,5-9,11,14,16,23H,3-4,10,12-13H2,1H3. The molecule has 0 radical (unpaired) electrons. The molecule has 134 valence electrons. The molecule has 4 rings (SSSR count). The zero-order chi connectivity index (χ0) is 17.9. The van der Waals surface area contributed by atoms with Gasteiger partial charge in [0.15, 0.2) is 0 Å². The molecule has 0 bridgehead atoms. The number of pyridine rings is 1. The molecule has 0 amide bonds. The number of aryl methyl sites for hydroxylation is 1. The zero-order valence-corrected chi connectivity index (χ0v) is 15.7. The van der Waals surface area contributed by atoms with Gasteiger partial charge in [-0.3, -0.25) is 4.98 Å². The van der Waals surface area contributed by atoms with Crippen molar-refractivity contribution >= 4 is 11.6 Å². The lowest BCUT2D eigenvalue weighted by Crippen LogP contribution is -2.16. The Morgan fingerprint density at radius 1 is 1.12 bits per heavy atom. The predicted molar refractivity (Wildman–Crippen MR) is 105 cm³/mol. The molecule has 1 saturated carbocycles. The van der Waals surface area contributed by atoms with Gasteiger partial charge in [-0.25, -0.2) is 4.98 Å². The van der Waals surface area contributed by atoms with E-state index in [0.29, 0.717) is 6.42 Å². The van der Waals surface area contributed by atoms with Crippen LogP contribution in [0, 0.1) is 12.8 Å². The molecule has 0 saturated heterocycles. The molecule has 4 nitrogen and oxygen atoms in total. The lowest BCUT2D eigenvalue weighted by molar-refractivity contribution is 0.631. The molecule has 0 spiro atoms. The minimum atomic E-state index is 0.700. The Morgan fingerprint density at radius 2 is 1.92 bits per heavy atom. The van der Waals surface area contributed by atoms with E-state index >= 15 is 0 Å². The normalized spacial score (nSPS) is 13.9. The average molecular weight is 367 g/mol. The van der Waals surface area contributed by atoms with Gasteiger partial charge in [0, 0.05) is 41.8 Å². The van der Waals surface area contributed by atoms with Crippen LogP contribution in [0.1, 0.15) is 35.6 Å². The van der Waals surface area contributed by atoms with Gasteiger partial charge >= 0.3 is 0 Å². The second-order valence-corrected chi connectivity index (χ2v) is 7.51. The van der Waals surface area contributed by atoms with E-state index < -0.39 is 0 Å². The number of halogens is 1. The van der Waals surface area contributed by atoms with E-state index in [1.54, 1.807) is 0 Å². The number of imidazole rings is 1. The summed E-state index contributed by atoms with van der Waals surface area (Å²) in [4.78, 5) is 9.41. The molecule has 1 aromatic carbocycles. The first-order valence-electron chi connectivity index (χ1n) is 9.13. The molecular weight excluding hydrogens is 344 g/mol. The molecule has 3 aromatic rings. The van der Waals surface area contributed by atoms with Crippen LogP contribution in [-0.4, -0.2) is 21.1 Å². The van der Waals surface area contributed by atoms with Crippen LogP contribution < -0.4 is 5.32 Å². The van der Waals surface area contributed by atoms with E-state index in [1.807, 2.05) is 30.5 Å². The molecule has 2 aromatic heterocycles. The van der Waals surface area contributed by atoms with Crippen molar-refractivity contribution in [2.45, 2.75) is 32.7 Å². The minimum absolute atomic E-state index is 0.700. The van der Waals surface area contributed by atoms with Gasteiger partial charge in [-0.15, -0.1) is 0 Å². The molecule has 1 fully saturated rings. The largest absolute Gasteiger partial charge is 0.311 e. The fourth-order valence-corrected chi connectivity index (χ4v) is 3.12. The summed E-state index contributed by atoms with van der Waals surface area (Å²) >= 11 is 6.05. The summed E-state index contributed by atoms with van der Waals surface area (Å²) in [5.41, 5.74) is 4.31. The fraction of sp³-hybridized carbons (Fsp3) is 0.333. The third-order valence-corrected chi connectivity index (χ3v) is 4.93.